The van der Waals surface area contributed by atoms with E-state index in [1.165, 1.54) is 22.1 Å². The molecule has 4 aromatic rings. The van der Waals surface area contributed by atoms with E-state index in [1.54, 1.807) is 0 Å². The first-order valence-electron chi connectivity index (χ1n) is 7.77. The van der Waals surface area contributed by atoms with Gasteiger partial charge in [-0.3, -0.25) is 4.98 Å². The predicted octanol–water partition coefficient (Wildman–Crippen LogP) is 1.24. The van der Waals surface area contributed by atoms with E-state index < -0.39 is 0 Å². The van der Waals surface area contributed by atoms with Crippen molar-refractivity contribution in [3.8, 4) is 11.1 Å². The molecular formula is C21H17ClN2. The summed E-state index contributed by atoms with van der Waals surface area (Å²) in [6, 6.07) is 25.2. The number of benzene rings is 2. The van der Waals surface area contributed by atoms with Crippen molar-refractivity contribution in [2.75, 3.05) is 0 Å². The number of rotatable bonds is 3. The molecule has 0 N–H and O–H groups in total. The molecule has 0 aliphatic carbocycles. The fourth-order valence-electron chi connectivity index (χ4n) is 2.91. The van der Waals surface area contributed by atoms with Gasteiger partial charge in [-0.15, -0.1) is 0 Å². The Labute approximate surface area is 147 Å². The van der Waals surface area contributed by atoms with Gasteiger partial charge in [-0.25, -0.2) is 4.57 Å². The summed E-state index contributed by atoms with van der Waals surface area (Å²) in [5.74, 6) is 0. The lowest BCUT2D eigenvalue weighted by atomic mass is 10.1. The number of aromatic nitrogens is 2. The molecule has 0 atom stereocenters. The standard InChI is InChI=1S/C21H17N2.ClH/c1-2-7-17(8-3-1)19-12-6-14-23(15-19)16-20-10-4-9-18-11-5-13-22-21(18)20;/h1-15H,16H2;1H/q+1;/p-1. The summed E-state index contributed by atoms with van der Waals surface area (Å²) in [5.41, 5.74) is 4.77. The second kappa shape index (κ2) is 7.24. The van der Waals surface area contributed by atoms with Crippen LogP contribution in [0, 0.1) is 0 Å². The quantitative estimate of drug-likeness (QED) is 0.516. The SMILES string of the molecule is [Cl-].c1ccc(-c2ccc[n+](Cc3cccc4cccnc34)c2)cc1. The van der Waals surface area contributed by atoms with Crippen LogP contribution in [0.2, 0.25) is 0 Å². The third kappa shape index (κ3) is 3.29. The molecule has 0 fully saturated rings. The molecule has 0 saturated heterocycles. The third-order valence-electron chi connectivity index (χ3n) is 4.03. The number of fused-ring (bicyclic) bond motifs is 1. The number of halogens is 1. The Bertz CT molecular complexity index is 946. The van der Waals surface area contributed by atoms with Crippen LogP contribution in [0.3, 0.4) is 0 Å². The van der Waals surface area contributed by atoms with Gasteiger partial charge in [0.05, 0.1) is 5.52 Å². The third-order valence-corrected chi connectivity index (χ3v) is 4.03. The highest BCUT2D eigenvalue weighted by Gasteiger charge is 2.09. The van der Waals surface area contributed by atoms with E-state index in [9.17, 15) is 0 Å². The van der Waals surface area contributed by atoms with Gasteiger partial charge in [0.15, 0.2) is 18.9 Å². The second-order valence-corrected chi connectivity index (χ2v) is 5.62. The minimum absolute atomic E-state index is 0. The Kier molecular flexibility index (Phi) is 4.88. The van der Waals surface area contributed by atoms with Crippen molar-refractivity contribution in [2.45, 2.75) is 6.54 Å². The van der Waals surface area contributed by atoms with Crippen molar-refractivity contribution >= 4 is 10.9 Å². The number of pyridine rings is 2. The summed E-state index contributed by atoms with van der Waals surface area (Å²) in [6.07, 6.45) is 6.15. The Morgan fingerprint density at radius 1 is 0.750 bits per heavy atom. The number of hydrogen-bond acceptors (Lipinski definition) is 1. The zero-order valence-electron chi connectivity index (χ0n) is 13.1. The molecule has 0 spiro atoms. The molecule has 0 unspecified atom stereocenters. The Balaban J connectivity index is 0.00000169. The molecular weight excluding hydrogens is 316 g/mol. The van der Waals surface area contributed by atoms with Crippen LogP contribution in [0.25, 0.3) is 22.0 Å². The molecule has 3 heteroatoms. The van der Waals surface area contributed by atoms with E-state index >= 15 is 0 Å². The van der Waals surface area contributed by atoms with Gasteiger partial charge in [-0.05, 0) is 17.7 Å². The molecule has 2 nitrogen and oxygen atoms in total. The summed E-state index contributed by atoms with van der Waals surface area (Å²) in [5, 5.41) is 1.19. The average molecular weight is 333 g/mol. The van der Waals surface area contributed by atoms with Gasteiger partial charge in [-0.2, -0.15) is 0 Å². The maximum absolute atomic E-state index is 4.54. The van der Waals surface area contributed by atoms with Crippen LogP contribution in [0.5, 0.6) is 0 Å². The molecule has 4 rings (SSSR count). The lowest BCUT2D eigenvalue weighted by Crippen LogP contribution is -3.00. The van der Waals surface area contributed by atoms with Crippen LogP contribution < -0.4 is 17.0 Å². The summed E-state index contributed by atoms with van der Waals surface area (Å²) in [7, 11) is 0. The maximum atomic E-state index is 4.54. The smallest absolute Gasteiger partial charge is 0.176 e. The van der Waals surface area contributed by atoms with Gasteiger partial charge < -0.3 is 12.4 Å². The average Bonchev–Trinajstić information content (AvgIpc) is 2.63. The minimum Gasteiger partial charge on any atom is -1.00 e. The van der Waals surface area contributed by atoms with E-state index in [-0.39, 0.29) is 12.4 Å². The van der Waals surface area contributed by atoms with E-state index in [0.29, 0.717) is 0 Å². The van der Waals surface area contributed by atoms with Gasteiger partial charge >= 0.3 is 0 Å². The lowest BCUT2D eigenvalue weighted by Gasteiger charge is -2.04. The monoisotopic (exact) mass is 332 g/mol. The molecule has 2 heterocycles. The van der Waals surface area contributed by atoms with Crippen LogP contribution in [-0.2, 0) is 6.54 Å². The zero-order chi connectivity index (χ0) is 15.5. The Morgan fingerprint density at radius 3 is 2.42 bits per heavy atom. The highest BCUT2D eigenvalue weighted by molar-refractivity contribution is 5.81. The molecule has 0 radical (unpaired) electrons. The van der Waals surface area contributed by atoms with E-state index in [2.05, 4.69) is 82.6 Å². The largest absolute Gasteiger partial charge is 1.00 e. The first-order valence-corrected chi connectivity index (χ1v) is 7.77. The fourth-order valence-corrected chi connectivity index (χ4v) is 2.91. The van der Waals surface area contributed by atoms with Crippen molar-refractivity contribution in [3.05, 3.63) is 97.0 Å². The van der Waals surface area contributed by atoms with Gasteiger partial charge in [-0.1, -0.05) is 54.6 Å². The van der Waals surface area contributed by atoms with E-state index in [4.69, 9.17) is 0 Å². The van der Waals surface area contributed by atoms with E-state index in [0.717, 1.165) is 12.1 Å². The molecule has 2 aromatic heterocycles. The molecule has 0 saturated carbocycles. The summed E-state index contributed by atoms with van der Waals surface area (Å²) >= 11 is 0. The van der Waals surface area contributed by atoms with Crippen molar-refractivity contribution in [2.24, 2.45) is 0 Å². The topological polar surface area (TPSA) is 16.8 Å². The fraction of sp³-hybridized carbons (Fsp3) is 0.0476. The molecule has 0 aliphatic heterocycles. The Morgan fingerprint density at radius 2 is 1.54 bits per heavy atom. The normalized spacial score (nSPS) is 10.3. The highest BCUT2D eigenvalue weighted by atomic mass is 35.5. The van der Waals surface area contributed by atoms with E-state index in [1.807, 2.05) is 18.3 Å². The first kappa shape index (κ1) is 16.2. The number of nitrogens with zero attached hydrogens (tertiary/aromatic N) is 2. The second-order valence-electron chi connectivity index (χ2n) is 5.62. The number of para-hydroxylation sites is 1. The van der Waals surface area contributed by atoms with Crippen LogP contribution >= 0.6 is 0 Å². The maximum Gasteiger partial charge on any atom is 0.176 e. The van der Waals surface area contributed by atoms with Crippen molar-refractivity contribution in [3.63, 3.8) is 0 Å². The van der Waals surface area contributed by atoms with Gasteiger partial charge in [0.25, 0.3) is 0 Å². The number of hydrogen-bond donors (Lipinski definition) is 0. The van der Waals surface area contributed by atoms with Gasteiger partial charge in [0, 0.05) is 28.8 Å². The van der Waals surface area contributed by atoms with Crippen LogP contribution in [0.1, 0.15) is 5.56 Å². The van der Waals surface area contributed by atoms with Crippen LogP contribution in [0.4, 0.5) is 0 Å². The predicted molar refractivity (Wildman–Crippen MR) is 92.9 cm³/mol. The summed E-state index contributed by atoms with van der Waals surface area (Å²) in [6.45, 7) is 0.815. The van der Waals surface area contributed by atoms with Crippen molar-refractivity contribution < 1.29 is 17.0 Å². The van der Waals surface area contributed by atoms with Gasteiger partial charge in [0.1, 0.15) is 0 Å². The van der Waals surface area contributed by atoms with Gasteiger partial charge in [0.2, 0.25) is 0 Å². The Hall–Kier alpha value is -2.71. The van der Waals surface area contributed by atoms with Crippen LogP contribution in [0.15, 0.2) is 91.4 Å². The summed E-state index contributed by atoms with van der Waals surface area (Å²) in [4.78, 5) is 4.54. The molecule has 2 aromatic carbocycles. The minimum atomic E-state index is 0. The van der Waals surface area contributed by atoms with Crippen molar-refractivity contribution in [1.82, 2.24) is 4.98 Å². The zero-order valence-corrected chi connectivity index (χ0v) is 13.9. The van der Waals surface area contributed by atoms with Crippen LogP contribution in [-0.4, -0.2) is 4.98 Å². The molecule has 118 valence electrons. The molecule has 0 aliphatic rings. The molecule has 24 heavy (non-hydrogen) atoms. The molecule has 0 bridgehead atoms. The molecule has 0 amide bonds. The first-order chi connectivity index (χ1) is 11.4. The highest BCUT2D eigenvalue weighted by Crippen LogP contribution is 2.18. The van der Waals surface area contributed by atoms with Crippen molar-refractivity contribution in [1.29, 1.82) is 0 Å². The summed E-state index contributed by atoms with van der Waals surface area (Å²) < 4.78 is 2.21. The lowest BCUT2D eigenvalue weighted by molar-refractivity contribution is -0.687.